The Morgan fingerprint density at radius 1 is 1.41 bits per heavy atom. The number of aromatic nitrogens is 1. The molecule has 2 rings (SSSR count). The van der Waals surface area contributed by atoms with Crippen LogP contribution in [-0.2, 0) is 0 Å². The third kappa shape index (κ3) is 2.28. The Morgan fingerprint density at radius 2 is 2.18 bits per heavy atom. The van der Waals surface area contributed by atoms with Crippen molar-refractivity contribution in [3.63, 3.8) is 0 Å². The van der Waals surface area contributed by atoms with E-state index in [0.717, 1.165) is 16.8 Å². The second kappa shape index (κ2) is 4.29. The minimum Gasteiger partial charge on any atom is -0.431 e. The molecule has 0 aliphatic carbocycles. The molecule has 1 amide bonds. The van der Waals surface area contributed by atoms with E-state index in [4.69, 9.17) is 10.2 Å². The van der Waals surface area contributed by atoms with Crippen LogP contribution >= 0.6 is 0 Å². The summed E-state index contributed by atoms with van der Waals surface area (Å²) in [5.41, 5.74) is 8.38. The number of anilines is 2. The number of nitrogens with zero attached hydrogens (tertiary/aromatic N) is 1. The van der Waals surface area contributed by atoms with E-state index < -0.39 is 0 Å². The van der Waals surface area contributed by atoms with Crippen molar-refractivity contribution in [3.8, 4) is 0 Å². The van der Waals surface area contributed by atoms with Crippen LogP contribution in [0.2, 0.25) is 0 Å². The summed E-state index contributed by atoms with van der Waals surface area (Å²) in [4.78, 5) is 15.6. The Balaban J connectivity index is 2.21. The second-order valence-corrected chi connectivity index (χ2v) is 3.77. The lowest BCUT2D eigenvalue weighted by Crippen LogP contribution is -2.13. The fraction of sp³-hybridized carbons (Fsp3) is 0.167. The maximum absolute atomic E-state index is 11.8. The molecule has 2 aromatic rings. The van der Waals surface area contributed by atoms with Crippen molar-refractivity contribution in [2.75, 3.05) is 11.1 Å². The van der Waals surface area contributed by atoms with Gasteiger partial charge in [0.25, 0.3) is 11.9 Å². The van der Waals surface area contributed by atoms with Crippen LogP contribution in [0.1, 0.15) is 21.6 Å². The van der Waals surface area contributed by atoms with Gasteiger partial charge >= 0.3 is 0 Å². The fourth-order valence-electron chi connectivity index (χ4n) is 1.46. The minimum absolute atomic E-state index is 0.0175. The highest BCUT2D eigenvalue weighted by molar-refractivity contribution is 6.03. The first-order valence-electron chi connectivity index (χ1n) is 5.16. The third-order valence-corrected chi connectivity index (χ3v) is 2.61. The third-order valence-electron chi connectivity index (χ3n) is 2.61. The number of oxazole rings is 1. The number of hydrogen-bond acceptors (Lipinski definition) is 4. The van der Waals surface area contributed by atoms with Crippen molar-refractivity contribution in [2.45, 2.75) is 13.8 Å². The van der Waals surface area contributed by atoms with Crippen molar-refractivity contribution in [1.82, 2.24) is 4.98 Å². The van der Waals surface area contributed by atoms with Gasteiger partial charge in [0, 0.05) is 5.69 Å². The maximum atomic E-state index is 11.8. The van der Waals surface area contributed by atoms with Gasteiger partial charge in [0.1, 0.15) is 6.26 Å². The van der Waals surface area contributed by atoms with Gasteiger partial charge in [-0.2, -0.15) is 4.98 Å². The van der Waals surface area contributed by atoms with E-state index in [9.17, 15) is 4.79 Å². The molecular weight excluding hydrogens is 218 g/mol. The van der Waals surface area contributed by atoms with Crippen LogP contribution in [0, 0.1) is 13.8 Å². The molecule has 5 heteroatoms. The quantitative estimate of drug-likeness (QED) is 0.829. The monoisotopic (exact) mass is 231 g/mol. The van der Waals surface area contributed by atoms with Crippen LogP contribution in [0.5, 0.6) is 0 Å². The number of benzene rings is 1. The Morgan fingerprint density at radius 3 is 2.82 bits per heavy atom. The first-order valence-corrected chi connectivity index (χ1v) is 5.16. The van der Waals surface area contributed by atoms with E-state index in [1.807, 2.05) is 32.0 Å². The molecule has 17 heavy (non-hydrogen) atoms. The van der Waals surface area contributed by atoms with Gasteiger partial charge in [-0.05, 0) is 31.0 Å². The molecule has 0 saturated heterocycles. The number of rotatable bonds is 2. The summed E-state index contributed by atoms with van der Waals surface area (Å²) < 4.78 is 4.78. The smallest absolute Gasteiger partial charge is 0.292 e. The van der Waals surface area contributed by atoms with E-state index in [1.165, 1.54) is 6.26 Å². The molecule has 1 aromatic heterocycles. The number of nitrogens with one attached hydrogen (secondary N) is 1. The van der Waals surface area contributed by atoms with Gasteiger partial charge in [-0.25, -0.2) is 0 Å². The molecule has 3 N–H and O–H groups in total. The molecule has 0 atom stereocenters. The van der Waals surface area contributed by atoms with Gasteiger partial charge in [-0.15, -0.1) is 0 Å². The standard InChI is InChI=1S/C12H13N3O2/c1-7-4-3-5-9(8(7)2)14-11(16)10-6-17-12(13)15-10/h3-6H,1-2H3,(H2,13,15)(H,14,16). The number of hydrogen-bond donors (Lipinski definition) is 2. The largest absolute Gasteiger partial charge is 0.431 e. The normalized spacial score (nSPS) is 10.2. The van der Waals surface area contributed by atoms with Gasteiger partial charge in [-0.3, -0.25) is 4.79 Å². The highest BCUT2D eigenvalue weighted by atomic mass is 16.4. The number of nitrogens with two attached hydrogens (primary N) is 1. The molecule has 1 aromatic carbocycles. The van der Waals surface area contributed by atoms with Crippen molar-refractivity contribution in [3.05, 3.63) is 41.3 Å². The van der Waals surface area contributed by atoms with Crippen LogP contribution in [0.15, 0.2) is 28.9 Å². The maximum Gasteiger partial charge on any atom is 0.292 e. The number of carbonyl (C=O) groups excluding carboxylic acids is 1. The molecule has 0 bridgehead atoms. The predicted octanol–water partition coefficient (Wildman–Crippen LogP) is 2.13. The molecule has 0 fully saturated rings. The summed E-state index contributed by atoms with van der Waals surface area (Å²) >= 11 is 0. The molecule has 0 spiro atoms. The zero-order valence-electron chi connectivity index (χ0n) is 9.65. The Hall–Kier alpha value is -2.30. The summed E-state index contributed by atoms with van der Waals surface area (Å²) in [6.07, 6.45) is 1.23. The summed E-state index contributed by atoms with van der Waals surface area (Å²) in [6, 6.07) is 5.69. The van der Waals surface area contributed by atoms with Crippen molar-refractivity contribution in [1.29, 1.82) is 0 Å². The Kier molecular flexibility index (Phi) is 2.82. The van der Waals surface area contributed by atoms with E-state index in [0.29, 0.717) is 0 Å². The van der Waals surface area contributed by atoms with Crippen molar-refractivity contribution >= 4 is 17.6 Å². The molecule has 0 unspecified atom stereocenters. The summed E-state index contributed by atoms with van der Waals surface area (Å²) in [7, 11) is 0. The molecular formula is C12H13N3O2. The molecule has 1 heterocycles. The molecule has 5 nitrogen and oxygen atoms in total. The zero-order valence-corrected chi connectivity index (χ0v) is 9.65. The number of aryl methyl sites for hydroxylation is 1. The van der Waals surface area contributed by atoms with Gasteiger partial charge in [-0.1, -0.05) is 12.1 Å². The van der Waals surface area contributed by atoms with E-state index in [2.05, 4.69) is 10.3 Å². The first kappa shape index (κ1) is 11.2. The molecule has 0 aliphatic rings. The number of carbonyl (C=O) groups is 1. The summed E-state index contributed by atoms with van der Waals surface area (Å²) in [6.45, 7) is 3.93. The van der Waals surface area contributed by atoms with E-state index >= 15 is 0 Å². The first-order chi connectivity index (χ1) is 8.08. The van der Waals surface area contributed by atoms with Crippen LogP contribution < -0.4 is 11.1 Å². The van der Waals surface area contributed by atoms with E-state index in [-0.39, 0.29) is 17.6 Å². The topological polar surface area (TPSA) is 81.2 Å². The van der Waals surface area contributed by atoms with Gasteiger partial charge in [0.15, 0.2) is 5.69 Å². The minimum atomic E-state index is -0.334. The van der Waals surface area contributed by atoms with Crippen LogP contribution in [-0.4, -0.2) is 10.9 Å². The average molecular weight is 231 g/mol. The van der Waals surface area contributed by atoms with Crippen LogP contribution in [0.4, 0.5) is 11.7 Å². The van der Waals surface area contributed by atoms with Crippen LogP contribution in [0.3, 0.4) is 0 Å². The highest BCUT2D eigenvalue weighted by Gasteiger charge is 2.12. The summed E-state index contributed by atoms with van der Waals surface area (Å²) in [5.74, 6) is -0.334. The number of amides is 1. The predicted molar refractivity (Wildman–Crippen MR) is 64.8 cm³/mol. The molecule has 0 saturated carbocycles. The molecule has 0 aliphatic heterocycles. The van der Waals surface area contributed by atoms with Gasteiger partial charge in [0.2, 0.25) is 0 Å². The Bertz CT molecular complexity index is 561. The Labute approximate surface area is 98.6 Å². The van der Waals surface area contributed by atoms with Crippen molar-refractivity contribution < 1.29 is 9.21 Å². The zero-order chi connectivity index (χ0) is 12.4. The lowest BCUT2D eigenvalue weighted by molar-refractivity contribution is 0.102. The SMILES string of the molecule is Cc1cccc(NC(=O)c2coc(N)n2)c1C. The molecule has 0 radical (unpaired) electrons. The highest BCUT2D eigenvalue weighted by Crippen LogP contribution is 2.18. The second-order valence-electron chi connectivity index (χ2n) is 3.77. The van der Waals surface area contributed by atoms with Gasteiger partial charge < -0.3 is 15.5 Å². The van der Waals surface area contributed by atoms with Crippen LogP contribution in [0.25, 0.3) is 0 Å². The number of nitrogen functional groups attached to an aromatic ring is 1. The van der Waals surface area contributed by atoms with Crippen molar-refractivity contribution in [2.24, 2.45) is 0 Å². The lowest BCUT2D eigenvalue weighted by atomic mass is 10.1. The lowest BCUT2D eigenvalue weighted by Gasteiger charge is -2.08. The fourth-order valence-corrected chi connectivity index (χ4v) is 1.46. The average Bonchev–Trinajstić information content (AvgIpc) is 2.72. The summed E-state index contributed by atoms with van der Waals surface area (Å²) in [5, 5.41) is 2.76. The molecule has 88 valence electrons. The van der Waals surface area contributed by atoms with E-state index in [1.54, 1.807) is 0 Å². The van der Waals surface area contributed by atoms with Gasteiger partial charge in [0.05, 0.1) is 0 Å².